The second-order valence-corrected chi connectivity index (χ2v) is 7.85. The van der Waals surface area contributed by atoms with E-state index >= 15 is 0 Å². The number of carbonyl (C=O) groups excluding carboxylic acids is 2. The first-order valence-electron chi connectivity index (χ1n) is 9.96. The van der Waals surface area contributed by atoms with Gasteiger partial charge in [-0.25, -0.2) is 4.90 Å². The third kappa shape index (κ3) is 3.52. The zero-order valence-electron chi connectivity index (χ0n) is 17.6. The summed E-state index contributed by atoms with van der Waals surface area (Å²) in [5, 5.41) is 3.23. The quantitative estimate of drug-likeness (QED) is 0.608. The van der Waals surface area contributed by atoms with Gasteiger partial charge in [0.2, 0.25) is 0 Å². The fourth-order valence-corrected chi connectivity index (χ4v) is 3.86. The average molecular weight is 396 g/mol. The molecule has 0 fully saturated rings. The third-order valence-corrected chi connectivity index (χ3v) is 5.28. The molecule has 1 aliphatic heterocycles. The summed E-state index contributed by atoms with van der Waals surface area (Å²) in [6.07, 6.45) is 0. The van der Waals surface area contributed by atoms with Gasteiger partial charge in [-0.2, -0.15) is 0 Å². The molecule has 4 heteroatoms. The van der Waals surface area contributed by atoms with Crippen LogP contribution in [0.15, 0.2) is 72.4 Å². The molecule has 0 aromatic heterocycles. The number of carbonyl (C=O) groups is 2. The number of nitrogens with one attached hydrogen (secondary N) is 1. The van der Waals surface area contributed by atoms with Gasteiger partial charge in [-0.05, 0) is 74.2 Å². The molecule has 4 nitrogen and oxygen atoms in total. The first-order chi connectivity index (χ1) is 14.3. The summed E-state index contributed by atoms with van der Waals surface area (Å²) in [5.41, 5.74) is 6.96. The van der Waals surface area contributed by atoms with Gasteiger partial charge < -0.3 is 5.32 Å². The highest BCUT2D eigenvalue weighted by molar-refractivity contribution is 6.46. The zero-order chi connectivity index (χ0) is 21.4. The highest BCUT2D eigenvalue weighted by atomic mass is 16.2. The monoisotopic (exact) mass is 396 g/mol. The van der Waals surface area contributed by atoms with E-state index in [9.17, 15) is 9.59 Å². The Hall–Kier alpha value is -3.66. The molecule has 1 heterocycles. The predicted molar refractivity (Wildman–Crippen MR) is 121 cm³/mol. The zero-order valence-corrected chi connectivity index (χ0v) is 17.6. The Balaban J connectivity index is 1.87. The number of amides is 2. The third-order valence-electron chi connectivity index (χ3n) is 5.28. The van der Waals surface area contributed by atoms with Gasteiger partial charge in [-0.3, -0.25) is 9.59 Å². The highest BCUT2D eigenvalue weighted by Gasteiger charge is 2.40. The lowest BCUT2D eigenvalue weighted by Gasteiger charge is -2.16. The van der Waals surface area contributed by atoms with E-state index < -0.39 is 0 Å². The minimum absolute atomic E-state index is 0.305. The van der Waals surface area contributed by atoms with Crippen LogP contribution < -0.4 is 10.2 Å². The van der Waals surface area contributed by atoms with E-state index in [1.165, 1.54) is 4.90 Å². The van der Waals surface area contributed by atoms with Crippen molar-refractivity contribution in [3.05, 3.63) is 100 Å². The minimum Gasteiger partial charge on any atom is -0.350 e. The van der Waals surface area contributed by atoms with Gasteiger partial charge in [-0.1, -0.05) is 48.0 Å². The number of anilines is 2. The Morgan fingerprint density at radius 3 is 2.03 bits per heavy atom. The molecule has 150 valence electrons. The second kappa shape index (κ2) is 7.64. The molecule has 1 aliphatic rings. The molecule has 30 heavy (non-hydrogen) atoms. The van der Waals surface area contributed by atoms with E-state index in [0.717, 1.165) is 33.5 Å². The normalized spacial score (nSPS) is 13.9. The maximum atomic E-state index is 13.5. The number of nitrogens with zero attached hydrogens (tertiary/aromatic N) is 1. The van der Waals surface area contributed by atoms with E-state index in [-0.39, 0.29) is 11.8 Å². The molecule has 0 saturated heterocycles. The molecule has 0 radical (unpaired) electrons. The Kier molecular flexibility index (Phi) is 5.00. The van der Waals surface area contributed by atoms with Gasteiger partial charge in [0.1, 0.15) is 5.70 Å². The van der Waals surface area contributed by atoms with Crippen LogP contribution >= 0.6 is 0 Å². The van der Waals surface area contributed by atoms with Crippen LogP contribution in [0.1, 0.15) is 27.8 Å². The van der Waals surface area contributed by atoms with Gasteiger partial charge in [0, 0.05) is 5.69 Å². The number of hydrogen-bond acceptors (Lipinski definition) is 3. The summed E-state index contributed by atoms with van der Waals surface area (Å²) >= 11 is 0. The number of hydrogen-bond donors (Lipinski definition) is 1. The van der Waals surface area contributed by atoms with Gasteiger partial charge >= 0.3 is 0 Å². The number of benzene rings is 3. The first kappa shape index (κ1) is 19.6. The summed E-state index contributed by atoms with van der Waals surface area (Å²) in [7, 11) is 0. The molecular weight excluding hydrogens is 372 g/mol. The summed E-state index contributed by atoms with van der Waals surface area (Å²) in [4.78, 5) is 28.3. The number of aryl methyl sites for hydroxylation is 4. The second-order valence-electron chi connectivity index (χ2n) is 7.85. The van der Waals surface area contributed by atoms with Gasteiger partial charge in [0.25, 0.3) is 11.8 Å². The molecule has 4 rings (SSSR count). The van der Waals surface area contributed by atoms with Crippen molar-refractivity contribution in [2.24, 2.45) is 0 Å². The maximum Gasteiger partial charge on any atom is 0.282 e. The molecule has 0 saturated carbocycles. The molecule has 3 aromatic rings. The largest absolute Gasteiger partial charge is 0.350 e. The van der Waals surface area contributed by atoms with Crippen LogP contribution in [0.5, 0.6) is 0 Å². The van der Waals surface area contributed by atoms with E-state index in [1.807, 2.05) is 88.4 Å². The lowest BCUT2D eigenvalue weighted by molar-refractivity contribution is -0.120. The minimum atomic E-state index is -0.345. The molecule has 0 bridgehead atoms. The van der Waals surface area contributed by atoms with Gasteiger partial charge in [0.05, 0.1) is 11.3 Å². The smallest absolute Gasteiger partial charge is 0.282 e. The first-order valence-corrected chi connectivity index (χ1v) is 9.96. The molecule has 1 N–H and O–H groups in total. The van der Waals surface area contributed by atoms with Crippen molar-refractivity contribution < 1.29 is 9.59 Å². The van der Waals surface area contributed by atoms with Crippen molar-refractivity contribution in [3.63, 3.8) is 0 Å². The molecule has 0 unspecified atom stereocenters. The van der Waals surface area contributed by atoms with E-state index in [2.05, 4.69) is 5.32 Å². The van der Waals surface area contributed by atoms with E-state index in [1.54, 1.807) is 6.07 Å². The molecule has 3 aromatic carbocycles. The number of rotatable bonds is 4. The van der Waals surface area contributed by atoms with Crippen molar-refractivity contribution in [1.29, 1.82) is 0 Å². The lowest BCUT2D eigenvalue weighted by Crippen LogP contribution is -2.32. The fraction of sp³-hybridized carbons (Fsp3) is 0.154. The Morgan fingerprint density at radius 2 is 1.37 bits per heavy atom. The van der Waals surface area contributed by atoms with Crippen molar-refractivity contribution in [1.82, 2.24) is 0 Å². The van der Waals surface area contributed by atoms with Crippen molar-refractivity contribution in [2.75, 3.05) is 10.2 Å². The Labute approximate surface area is 176 Å². The van der Waals surface area contributed by atoms with Crippen LogP contribution in [0.2, 0.25) is 0 Å². The van der Waals surface area contributed by atoms with Crippen LogP contribution in [-0.2, 0) is 9.59 Å². The molecule has 0 aliphatic carbocycles. The highest BCUT2D eigenvalue weighted by Crippen LogP contribution is 2.35. The fourth-order valence-electron chi connectivity index (χ4n) is 3.86. The average Bonchev–Trinajstić information content (AvgIpc) is 2.92. The summed E-state index contributed by atoms with van der Waals surface area (Å²) in [5.74, 6) is -0.658. The Morgan fingerprint density at radius 1 is 0.700 bits per heavy atom. The van der Waals surface area contributed by atoms with Crippen molar-refractivity contribution >= 4 is 28.8 Å². The molecule has 0 spiro atoms. The SMILES string of the molecule is Cc1cccc(NC2=C(c3ccc(C)cc3C)C(=O)N(c3cccc(C)c3)C2=O)c1. The van der Waals surface area contributed by atoms with Crippen molar-refractivity contribution in [3.8, 4) is 0 Å². The lowest BCUT2D eigenvalue weighted by atomic mass is 9.97. The molecule has 2 amide bonds. The van der Waals surface area contributed by atoms with Crippen LogP contribution in [-0.4, -0.2) is 11.8 Å². The van der Waals surface area contributed by atoms with Crippen molar-refractivity contribution in [2.45, 2.75) is 27.7 Å². The number of imide groups is 1. The van der Waals surface area contributed by atoms with Crippen LogP contribution in [0, 0.1) is 27.7 Å². The Bertz CT molecular complexity index is 1210. The summed E-state index contributed by atoms with van der Waals surface area (Å²) < 4.78 is 0. The topological polar surface area (TPSA) is 49.4 Å². The van der Waals surface area contributed by atoms with E-state index in [4.69, 9.17) is 0 Å². The van der Waals surface area contributed by atoms with Crippen LogP contribution in [0.25, 0.3) is 5.57 Å². The predicted octanol–water partition coefficient (Wildman–Crippen LogP) is 5.32. The van der Waals surface area contributed by atoms with Gasteiger partial charge in [0.15, 0.2) is 0 Å². The van der Waals surface area contributed by atoms with Gasteiger partial charge in [-0.15, -0.1) is 0 Å². The maximum absolute atomic E-state index is 13.5. The summed E-state index contributed by atoms with van der Waals surface area (Å²) in [6.45, 7) is 7.91. The van der Waals surface area contributed by atoms with Crippen LogP contribution in [0.4, 0.5) is 11.4 Å². The van der Waals surface area contributed by atoms with Crippen LogP contribution in [0.3, 0.4) is 0 Å². The standard InChI is InChI=1S/C26H24N2O2/c1-16-7-5-9-20(14-16)27-24-23(22-12-11-18(3)13-19(22)4)25(29)28(26(24)30)21-10-6-8-17(2)15-21/h5-15,27H,1-4H3. The molecular formula is C26H24N2O2. The van der Waals surface area contributed by atoms with E-state index in [0.29, 0.717) is 17.0 Å². The molecule has 0 atom stereocenters. The summed E-state index contributed by atoms with van der Waals surface area (Å²) in [6, 6.07) is 21.1.